The molecule has 0 radical (unpaired) electrons. The van der Waals surface area contributed by atoms with Crippen molar-refractivity contribution in [3.8, 4) is 11.5 Å². The van der Waals surface area contributed by atoms with E-state index >= 15 is 0 Å². The average molecular weight is 646 g/mol. The molecule has 0 amide bonds. The van der Waals surface area contributed by atoms with Crippen molar-refractivity contribution in [2.45, 2.75) is 81.1 Å². The van der Waals surface area contributed by atoms with Gasteiger partial charge in [-0.2, -0.15) is 13.2 Å². The molecule has 1 saturated heterocycles. The van der Waals surface area contributed by atoms with E-state index in [9.17, 15) is 42.6 Å². The average Bonchev–Trinajstić information content (AvgIpc) is 3.29. The van der Waals surface area contributed by atoms with Crippen LogP contribution >= 0.6 is 0 Å². The number of hydrogen-bond acceptors (Lipinski definition) is 12. The summed E-state index contributed by atoms with van der Waals surface area (Å²) >= 11 is 0. The lowest BCUT2D eigenvalue weighted by molar-refractivity contribution is -0.192. The van der Waals surface area contributed by atoms with Gasteiger partial charge in [-0.1, -0.05) is 6.07 Å². The molecule has 2 aliphatic carbocycles. The fourth-order valence-electron chi connectivity index (χ4n) is 6.44. The van der Waals surface area contributed by atoms with E-state index in [0.717, 1.165) is 25.0 Å². The van der Waals surface area contributed by atoms with Crippen LogP contribution in [0.2, 0.25) is 0 Å². The number of carbonyl (C=O) groups is 5. The third-order valence-electron chi connectivity index (χ3n) is 8.39. The number of carbonyl (C=O) groups excluding carboxylic acids is 3. The molecule has 4 aliphatic rings. The summed E-state index contributed by atoms with van der Waals surface area (Å²) in [6.45, 7) is 2.79. The molecule has 0 saturated carbocycles. The van der Waals surface area contributed by atoms with Crippen molar-refractivity contribution in [2.75, 3.05) is 13.6 Å². The number of esters is 3. The Kier molecular flexibility index (Phi) is 8.82. The van der Waals surface area contributed by atoms with E-state index in [1.54, 1.807) is 12.1 Å². The highest BCUT2D eigenvalue weighted by molar-refractivity contribution is 5.86. The number of rotatable bonds is 7. The predicted molar refractivity (Wildman–Crippen MR) is 140 cm³/mol. The Bertz CT molecular complexity index is 1460. The molecular formula is C28H30F3NO13. The lowest BCUT2D eigenvalue weighted by Crippen LogP contribution is -2.74. The Balaban J connectivity index is 0.000000591. The van der Waals surface area contributed by atoms with E-state index in [1.165, 1.54) is 0 Å². The Morgan fingerprint density at radius 2 is 1.80 bits per heavy atom. The molecule has 5 rings (SSSR count). The highest BCUT2D eigenvalue weighted by Gasteiger charge is 2.72. The molecule has 1 aromatic rings. The third-order valence-corrected chi connectivity index (χ3v) is 8.39. The highest BCUT2D eigenvalue weighted by Crippen LogP contribution is 2.65. The van der Waals surface area contributed by atoms with E-state index in [1.807, 2.05) is 13.1 Å². The minimum atomic E-state index is -5.08. The Morgan fingerprint density at radius 3 is 2.38 bits per heavy atom. The Morgan fingerprint density at radius 1 is 1.16 bits per heavy atom. The predicted octanol–water partition coefficient (Wildman–Crippen LogP) is 1.18. The topological polar surface area (TPSA) is 206 Å². The molecule has 2 aliphatic heterocycles. The van der Waals surface area contributed by atoms with E-state index in [4.69, 9.17) is 34.0 Å². The zero-order valence-corrected chi connectivity index (χ0v) is 24.1. The fourth-order valence-corrected chi connectivity index (χ4v) is 6.44. The number of aliphatic carboxylic acids is 2. The number of likely N-dealkylation sites (tertiary alicyclic amines) is 1. The maximum absolute atomic E-state index is 13.0. The largest absolute Gasteiger partial charge is 0.504 e. The summed E-state index contributed by atoms with van der Waals surface area (Å²) in [4.78, 5) is 58.9. The van der Waals surface area contributed by atoms with Crippen LogP contribution in [0.15, 0.2) is 24.0 Å². The number of aromatic hydroxyl groups is 1. The number of carboxylic acid groups (broad SMARTS) is 2. The zero-order chi connectivity index (χ0) is 33.6. The van der Waals surface area contributed by atoms with Crippen LogP contribution in [0, 0.1) is 0 Å². The van der Waals surface area contributed by atoms with Gasteiger partial charge in [-0.15, -0.1) is 0 Å². The van der Waals surface area contributed by atoms with Crippen LogP contribution in [0.25, 0.3) is 0 Å². The van der Waals surface area contributed by atoms with Crippen LogP contribution in [0.3, 0.4) is 0 Å². The molecule has 246 valence electrons. The minimum Gasteiger partial charge on any atom is -0.504 e. The van der Waals surface area contributed by atoms with Crippen molar-refractivity contribution in [3.05, 3.63) is 35.1 Å². The summed E-state index contributed by atoms with van der Waals surface area (Å²) in [5.41, 5.74) is -0.551. The number of halogens is 3. The number of phenols is 1. The van der Waals surface area contributed by atoms with E-state index < -0.39 is 71.8 Å². The molecule has 2 unspecified atom stereocenters. The maximum atomic E-state index is 13.0. The van der Waals surface area contributed by atoms with Gasteiger partial charge >= 0.3 is 36.0 Å². The van der Waals surface area contributed by atoms with Crippen molar-refractivity contribution < 1.29 is 76.5 Å². The second-order valence-corrected chi connectivity index (χ2v) is 11.1. The number of carboxylic acids is 2. The molecule has 45 heavy (non-hydrogen) atoms. The van der Waals surface area contributed by atoms with Crippen molar-refractivity contribution in [1.82, 2.24) is 4.90 Å². The first-order valence-electron chi connectivity index (χ1n) is 13.6. The second kappa shape index (κ2) is 11.8. The third kappa shape index (κ3) is 5.88. The van der Waals surface area contributed by atoms with Gasteiger partial charge < -0.3 is 44.3 Å². The van der Waals surface area contributed by atoms with Gasteiger partial charge in [0.15, 0.2) is 23.7 Å². The number of ether oxygens (including phenoxy) is 4. The second-order valence-electron chi connectivity index (χ2n) is 11.1. The maximum Gasteiger partial charge on any atom is 0.490 e. The minimum absolute atomic E-state index is 0.0804. The monoisotopic (exact) mass is 645 g/mol. The van der Waals surface area contributed by atoms with Crippen LogP contribution < -0.4 is 4.74 Å². The number of phenolic OH excluding ortho intramolecular Hbond substituents is 1. The molecule has 14 nitrogen and oxygen atoms in total. The van der Waals surface area contributed by atoms with Gasteiger partial charge in [-0.25, -0.2) is 14.4 Å². The molecule has 6 atom stereocenters. The smallest absolute Gasteiger partial charge is 0.490 e. The lowest BCUT2D eigenvalue weighted by Gasteiger charge is -2.61. The van der Waals surface area contributed by atoms with Crippen LogP contribution in [0.4, 0.5) is 13.2 Å². The highest BCUT2D eigenvalue weighted by atomic mass is 19.4. The van der Waals surface area contributed by atoms with Crippen molar-refractivity contribution in [2.24, 2.45) is 0 Å². The summed E-state index contributed by atoms with van der Waals surface area (Å²) in [7, 11) is 1.95. The number of likely N-dealkylation sites (N-methyl/N-ethyl adjacent to an activating group) is 1. The standard InChI is InChI=1S/C26H29NO11.C2HF3O2/c1-12(23(31)32)35-24(33)17(36-13(2)28)11-19(30)37-16-6-7-26(34)18-10-14-4-5-15(29)21-20(14)25(26,22(16)38-21)8-9-27(18)3;3-2(4,5)1(6)7/h4-6,12,17-18,22,29,34H,7-11H2,1-3H3,(H,31,32);(H,6,7)/t12?,17?,18-,22+,25+,26-;/m1./s1. The molecule has 2 bridgehead atoms. The molecule has 4 N–H and O–H groups in total. The van der Waals surface area contributed by atoms with Crippen LogP contribution in [0.5, 0.6) is 11.5 Å². The molecular weight excluding hydrogens is 615 g/mol. The van der Waals surface area contributed by atoms with E-state index in [2.05, 4.69) is 4.90 Å². The molecule has 1 fully saturated rings. The molecule has 17 heteroatoms. The number of alkyl halides is 3. The van der Waals surface area contributed by atoms with Gasteiger partial charge in [0.1, 0.15) is 5.76 Å². The van der Waals surface area contributed by atoms with Gasteiger partial charge in [0.2, 0.25) is 6.10 Å². The van der Waals surface area contributed by atoms with Gasteiger partial charge in [-0.3, -0.25) is 9.59 Å². The summed E-state index contributed by atoms with van der Waals surface area (Å²) in [6, 6.07) is 3.15. The van der Waals surface area contributed by atoms with Crippen LogP contribution in [-0.2, 0) is 50.0 Å². The SMILES string of the molecule is CC(=O)OC(CC(=O)OC1=CC[C@@]2(O)[C@H]3Cc4ccc(O)c5c4[C@@]2(CCN3C)[C@H]1O5)C(=O)OC(C)C(=O)O.O=C(O)C(F)(F)F. The van der Waals surface area contributed by atoms with Crippen LogP contribution in [0.1, 0.15) is 44.2 Å². The molecule has 1 aromatic carbocycles. The number of nitrogens with zero attached hydrogens (tertiary/aromatic N) is 1. The van der Waals surface area contributed by atoms with Crippen molar-refractivity contribution >= 4 is 29.8 Å². The van der Waals surface area contributed by atoms with Crippen molar-refractivity contribution in [3.63, 3.8) is 0 Å². The number of hydrogen-bond donors (Lipinski definition) is 4. The van der Waals surface area contributed by atoms with Crippen molar-refractivity contribution in [1.29, 1.82) is 0 Å². The summed E-state index contributed by atoms with van der Waals surface area (Å²) in [5, 5.41) is 38.8. The molecule has 1 spiro atoms. The van der Waals surface area contributed by atoms with E-state index in [0.29, 0.717) is 19.4 Å². The Hall–Kier alpha value is -4.38. The zero-order valence-electron chi connectivity index (χ0n) is 24.1. The summed E-state index contributed by atoms with van der Waals surface area (Å²) in [6.07, 6.45) is -7.20. The fraction of sp³-hybridized carbons (Fsp3) is 0.536. The molecule has 2 heterocycles. The number of piperidine rings is 1. The Labute approximate surface area is 252 Å². The normalized spacial score (nSPS) is 27.2. The van der Waals surface area contributed by atoms with Gasteiger partial charge in [-0.05, 0) is 51.1 Å². The van der Waals surface area contributed by atoms with Crippen LogP contribution in [-0.4, -0.2) is 105 Å². The number of benzene rings is 1. The van der Waals surface area contributed by atoms with E-state index in [-0.39, 0.29) is 29.7 Å². The first kappa shape index (κ1) is 33.5. The van der Waals surface area contributed by atoms with Gasteiger partial charge in [0.25, 0.3) is 0 Å². The first-order chi connectivity index (χ1) is 20.8. The van der Waals surface area contributed by atoms with Gasteiger partial charge in [0, 0.05) is 24.9 Å². The summed E-state index contributed by atoms with van der Waals surface area (Å²) in [5.74, 6) is -6.92. The van der Waals surface area contributed by atoms with Gasteiger partial charge in [0.05, 0.1) is 17.4 Å². The quantitative estimate of drug-likeness (QED) is 0.243. The number of aliphatic hydroxyl groups is 1. The molecule has 0 aromatic heterocycles. The lowest BCUT2D eigenvalue weighted by atomic mass is 9.50. The summed E-state index contributed by atoms with van der Waals surface area (Å²) < 4.78 is 53.3. The first-order valence-corrected chi connectivity index (χ1v) is 13.6.